The van der Waals surface area contributed by atoms with Crippen molar-refractivity contribution in [2.24, 2.45) is 0 Å². The van der Waals surface area contributed by atoms with Crippen molar-refractivity contribution in [3.05, 3.63) is 0 Å². The van der Waals surface area contributed by atoms with Gasteiger partial charge >= 0.3 is 63.3 Å². The summed E-state index contributed by atoms with van der Waals surface area (Å²) in [6.45, 7) is 3.70. The Morgan fingerprint density at radius 2 is 1.71 bits per heavy atom. The van der Waals surface area contributed by atoms with E-state index in [1.165, 1.54) is 0 Å². The fourth-order valence-corrected chi connectivity index (χ4v) is 2.13. The van der Waals surface area contributed by atoms with E-state index in [2.05, 4.69) is 4.74 Å². The Kier molecular flexibility index (Phi) is 14.7. The zero-order chi connectivity index (χ0) is 15.6. The summed E-state index contributed by atoms with van der Waals surface area (Å²) in [6, 6.07) is 0. The van der Waals surface area contributed by atoms with Crippen molar-refractivity contribution in [1.29, 1.82) is 0 Å². The molecule has 0 radical (unpaired) electrons. The van der Waals surface area contributed by atoms with Crippen molar-refractivity contribution in [3.8, 4) is 0 Å². The van der Waals surface area contributed by atoms with Crippen molar-refractivity contribution in [2.45, 2.75) is 51.2 Å². The average Bonchev–Trinajstić information content (AvgIpc) is 2.34. The van der Waals surface area contributed by atoms with Crippen molar-refractivity contribution in [3.63, 3.8) is 0 Å². The fourth-order valence-electron chi connectivity index (χ4n) is 1.48. The van der Waals surface area contributed by atoms with Gasteiger partial charge in [-0.25, -0.2) is 0 Å². The topological polar surface area (TPSA) is 107 Å². The predicted octanol–water partition coefficient (Wildman–Crippen LogP) is 0.671. The number of hydrogen-bond acceptors (Lipinski definition) is 6. The maximum atomic E-state index is 11.6. The minimum atomic E-state index is -4.70. The first-order valence-corrected chi connectivity index (χ1v) is 8.11. The second-order valence-electron chi connectivity index (χ2n) is 4.24. The Balaban J connectivity index is 0. The zero-order valence-electron chi connectivity index (χ0n) is 11.8. The number of unbranched alkanes of at least 4 members (excludes halogenated alkanes) is 3. The van der Waals surface area contributed by atoms with Gasteiger partial charge in [-0.05, 0) is 13.3 Å². The molecule has 0 saturated heterocycles. The maximum absolute atomic E-state index is 11.6. The van der Waals surface area contributed by atoms with Gasteiger partial charge in [0, 0.05) is 0 Å². The molecule has 0 aromatic heterocycles. The van der Waals surface area contributed by atoms with Crippen LogP contribution in [0, 0.1) is 0 Å². The molecular weight excluding hydrogens is 327 g/mol. The van der Waals surface area contributed by atoms with Crippen LogP contribution in [0.25, 0.3) is 0 Å². The third-order valence-electron chi connectivity index (χ3n) is 2.52. The first kappa shape index (κ1) is 23.7. The Bertz CT molecular complexity index is 408. The first-order chi connectivity index (χ1) is 9.32. The normalized spacial score (nSPS) is 12.1. The van der Waals surface area contributed by atoms with Crippen LogP contribution in [0.5, 0.6) is 0 Å². The van der Waals surface area contributed by atoms with Crippen molar-refractivity contribution in [2.75, 3.05) is 13.2 Å². The van der Waals surface area contributed by atoms with E-state index < -0.39 is 33.7 Å². The van der Waals surface area contributed by atoms with E-state index >= 15 is 0 Å². The van der Waals surface area contributed by atoms with E-state index in [1.54, 1.807) is 6.92 Å². The molecule has 0 aromatic rings. The van der Waals surface area contributed by atoms with Gasteiger partial charge in [-0.3, -0.25) is 14.1 Å². The summed E-state index contributed by atoms with van der Waals surface area (Å²) in [5.41, 5.74) is 0. The van der Waals surface area contributed by atoms with Gasteiger partial charge < -0.3 is 9.47 Å². The number of ether oxygens (including phenoxy) is 2. The van der Waals surface area contributed by atoms with Gasteiger partial charge in [0.2, 0.25) is 0 Å². The summed E-state index contributed by atoms with van der Waals surface area (Å²) in [4.78, 5) is 22.8. The predicted molar refractivity (Wildman–Crippen MR) is 78.8 cm³/mol. The molecule has 0 amide bonds. The van der Waals surface area contributed by atoms with Gasteiger partial charge in [0.25, 0.3) is 10.1 Å². The van der Waals surface area contributed by atoms with E-state index in [1.807, 2.05) is 6.92 Å². The monoisotopic (exact) mass is 350 g/mol. The van der Waals surface area contributed by atoms with Crippen LogP contribution in [-0.4, -0.2) is 94.8 Å². The standard InChI is InChI=1S/C12H22O7S.K.H/c1-3-5-6-7-8-19-12(14)10(20(15,16)17)9-11(13)18-4-2;;/h10H,3-9H2,1-2H3,(H,15,16,17);;. The molecule has 1 unspecified atom stereocenters. The molecule has 21 heavy (non-hydrogen) atoms. The van der Waals surface area contributed by atoms with Crippen LogP contribution in [0.2, 0.25) is 0 Å². The Labute approximate surface area is 168 Å². The quantitative estimate of drug-likeness (QED) is 0.267. The molecule has 0 fully saturated rings. The third-order valence-corrected chi connectivity index (χ3v) is 3.60. The zero-order valence-corrected chi connectivity index (χ0v) is 12.6. The van der Waals surface area contributed by atoms with Crippen molar-refractivity contribution >= 4 is 73.4 Å². The number of rotatable bonds is 10. The molecule has 0 rings (SSSR count). The van der Waals surface area contributed by atoms with E-state index in [0.29, 0.717) is 6.42 Å². The first-order valence-electron chi connectivity index (χ1n) is 6.61. The van der Waals surface area contributed by atoms with Gasteiger partial charge in [-0.2, -0.15) is 8.42 Å². The van der Waals surface area contributed by atoms with Gasteiger partial charge in [0.1, 0.15) is 0 Å². The number of hydrogen-bond donors (Lipinski definition) is 1. The molecule has 7 nitrogen and oxygen atoms in total. The van der Waals surface area contributed by atoms with Crippen molar-refractivity contribution < 1.29 is 32.0 Å². The molecule has 1 atom stereocenters. The number of carbonyl (C=O) groups excluding carboxylic acids is 2. The molecule has 0 aromatic carbocycles. The van der Waals surface area contributed by atoms with E-state index in [-0.39, 0.29) is 64.6 Å². The molecule has 1 N–H and O–H groups in total. The van der Waals surface area contributed by atoms with Crippen LogP contribution in [0.3, 0.4) is 0 Å². The van der Waals surface area contributed by atoms with Crippen molar-refractivity contribution in [1.82, 2.24) is 0 Å². The Hall–Kier alpha value is 0.486. The third kappa shape index (κ3) is 11.7. The molecule has 0 aliphatic heterocycles. The second-order valence-corrected chi connectivity index (χ2v) is 5.84. The minimum absolute atomic E-state index is 0. The van der Waals surface area contributed by atoms with Crippen LogP contribution < -0.4 is 0 Å². The summed E-state index contributed by atoms with van der Waals surface area (Å²) in [6.07, 6.45) is 2.72. The van der Waals surface area contributed by atoms with Gasteiger partial charge in [-0.1, -0.05) is 26.2 Å². The Morgan fingerprint density at radius 1 is 1.10 bits per heavy atom. The summed E-state index contributed by atoms with van der Waals surface area (Å²) in [5.74, 6) is -2.00. The number of carbonyl (C=O) groups is 2. The molecule has 0 bridgehead atoms. The molecule has 0 heterocycles. The molecular formula is C12H23KO7S. The van der Waals surface area contributed by atoms with Crippen LogP contribution in [0.4, 0.5) is 0 Å². The summed E-state index contributed by atoms with van der Waals surface area (Å²) in [7, 11) is -4.70. The van der Waals surface area contributed by atoms with E-state index in [9.17, 15) is 18.0 Å². The van der Waals surface area contributed by atoms with Crippen LogP contribution in [-0.2, 0) is 29.2 Å². The SMILES string of the molecule is CCCCCCOC(=O)C(CC(=O)OCC)S(=O)(=O)O.[KH]. The number of esters is 2. The summed E-state index contributed by atoms with van der Waals surface area (Å²) in [5, 5.41) is -1.92. The summed E-state index contributed by atoms with van der Waals surface area (Å²) < 4.78 is 40.5. The fraction of sp³-hybridized carbons (Fsp3) is 0.833. The molecule has 0 aliphatic rings. The summed E-state index contributed by atoms with van der Waals surface area (Å²) >= 11 is 0. The van der Waals surface area contributed by atoms with E-state index in [0.717, 1.165) is 19.3 Å². The van der Waals surface area contributed by atoms with Gasteiger partial charge in [0.05, 0.1) is 19.6 Å². The van der Waals surface area contributed by atoms with Gasteiger partial charge in [0.15, 0.2) is 5.25 Å². The second kappa shape index (κ2) is 13.0. The van der Waals surface area contributed by atoms with Crippen LogP contribution in [0.15, 0.2) is 0 Å². The average molecular weight is 350 g/mol. The van der Waals surface area contributed by atoms with E-state index in [4.69, 9.17) is 9.29 Å². The molecule has 0 saturated carbocycles. The molecule has 0 aliphatic carbocycles. The van der Waals surface area contributed by atoms with Crippen LogP contribution in [0.1, 0.15) is 46.0 Å². The molecule has 0 spiro atoms. The Morgan fingerprint density at radius 3 is 2.19 bits per heavy atom. The molecule has 120 valence electrons. The van der Waals surface area contributed by atoms with Gasteiger partial charge in [-0.15, -0.1) is 0 Å². The molecule has 9 heteroatoms. The van der Waals surface area contributed by atoms with Crippen LogP contribution >= 0.6 is 0 Å².